The van der Waals surface area contributed by atoms with Crippen LogP contribution in [0.25, 0.3) is 0 Å². The van der Waals surface area contributed by atoms with Crippen molar-refractivity contribution in [1.82, 2.24) is 0 Å². The second-order valence-electron chi connectivity index (χ2n) is 5.02. The molecule has 0 aromatic rings. The van der Waals surface area contributed by atoms with Crippen LogP contribution < -0.4 is 0 Å². The summed E-state index contributed by atoms with van der Waals surface area (Å²) in [4.78, 5) is 12.5. The fraction of sp³-hybridized carbons (Fsp3) is 0.929. The highest BCUT2D eigenvalue weighted by Gasteiger charge is 2.40. The van der Waals surface area contributed by atoms with Crippen LogP contribution >= 0.6 is 0 Å². The van der Waals surface area contributed by atoms with Crippen LogP contribution in [0.15, 0.2) is 0 Å². The summed E-state index contributed by atoms with van der Waals surface area (Å²) in [5.41, 5.74) is -0.444. The first-order chi connectivity index (χ1) is 7.66. The highest BCUT2D eigenvalue weighted by Crippen LogP contribution is 2.34. The van der Waals surface area contributed by atoms with Crippen molar-refractivity contribution >= 4 is 5.78 Å². The molecule has 0 amide bonds. The van der Waals surface area contributed by atoms with Crippen LogP contribution in [-0.2, 0) is 9.53 Å². The van der Waals surface area contributed by atoms with Crippen LogP contribution in [0.5, 0.6) is 0 Å². The number of hydrogen-bond acceptors (Lipinski definition) is 2. The Balaban J connectivity index is 2.80. The van der Waals surface area contributed by atoms with Crippen molar-refractivity contribution in [2.75, 3.05) is 6.61 Å². The SMILES string of the molecule is CCOC1(C(=O)C(C)CC)CCCCCC1. The fourth-order valence-electron chi connectivity index (χ4n) is 2.67. The second kappa shape index (κ2) is 6.39. The summed E-state index contributed by atoms with van der Waals surface area (Å²) >= 11 is 0. The normalized spacial score (nSPS) is 22.4. The van der Waals surface area contributed by atoms with E-state index >= 15 is 0 Å². The van der Waals surface area contributed by atoms with E-state index in [0.29, 0.717) is 12.4 Å². The summed E-state index contributed by atoms with van der Waals surface area (Å²) in [5, 5.41) is 0. The molecule has 0 aromatic carbocycles. The van der Waals surface area contributed by atoms with Crippen LogP contribution in [0.4, 0.5) is 0 Å². The minimum atomic E-state index is -0.444. The van der Waals surface area contributed by atoms with Crippen LogP contribution in [0.3, 0.4) is 0 Å². The number of rotatable bonds is 5. The van der Waals surface area contributed by atoms with Gasteiger partial charge in [0, 0.05) is 12.5 Å². The molecule has 16 heavy (non-hydrogen) atoms. The van der Waals surface area contributed by atoms with Crippen molar-refractivity contribution in [3.05, 3.63) is 0 Å². The Morgan fingerprint density at radius 3 is 2.19 bits per heavy atom. The Morgan fingerprint density at radius 1 is 1.19 bits per heavy atom. The molecule has 0 aliphatic heterocycles. The lowest BCUT2D eigenvalue weighted by atomic mass is 9.82. The minimum absolute atomic E-state index is 0.143. The van der Waals surface area contributed by atoms with Gasteiger partial charge in [0.15, 0.2) is 5.78 Å². The zero-order valence-electron chi connectivity index (χ0n) is 11.1. The maximum Gasteiger partial charge on any atom is 0.167 e. The molecular formula is C14H26O2. The van der Waals surface area contributed by atoms with Crippen LogP contribution in [-0.4, -0.2) is 18.0 Å². The van der Waals surface area contributed by atoms with Gasteiger partial charge in [-0.25, -0.2) is 0 Å². The van der Waals surface area contributed by atoms with E-state index in [-0.39, 0.29) is 5.92 Å². The Kier molecular flexibility index (Phi) is 5.47. The number of hydrogen-bond donors (Lipinski definition) is 0. The van der Waals surface area contributed by atoms with E-state index in [2.05, 4.69) is 6.92 Å². The number of carbonyl (C=O) groups is 1. The van der Waals surface area contributed by atoms with E-state index in [1.165, 1.54) is 12.8 Å². The molecule has 0 heterocycles. The van der Waals surface area contributed by atoms with E-state index in [1.807, 2.05) is 13.8 Å². The molecule has 0 spiro atoms. The molecule has 1 aliphatic rings. The van der Waals surface area contributed by atoms with Crippen molar-refractivity contribution in [2.45, 2.75) is 71.3 Å². The van der Waals surface area contributed by atoms with Crippen molar-refractivity contribution in [2.24, 2.45) is 5.92 Å². The third-order valence-corrected chi connectivity index (χ3v) is 3.84. The van der Waals surface area contributed by atoms with Crippen LogP contribution in [0.1, 0.15) is 65.7 Å². The standard InChI is InChI=1S/C14H26O2/c1-4-12(3)13(15)14(16-5-2)10-8-6-7-9-11-14/h12H,4-11H2,1-3H3. The van der Waals surface area contributed by atoms with Crippen molar-refractivity contribution < 1.29 is 9.53 Å². The van der Waals surface area contributed by atoms with Gasteiger partial charge >= 0.3 is 0 Å². The predicted octanol–water partition coefficient (Wildman–Crippen LogP) is 3.73. The molecule has 1 atom stereocenters. The second-order valence-corrected chi connectivity index (χ2v) is 5.02. The molecule has 1 unspecified atom stereocenters. The largest absolute Gasteiger partial charge is 0.367 e. The van der Waals surface area contributed by atoms with E-state index in [0.717, 1.165) is 32.1 Å². The topological polar surface area (TPSA) is 26.3 Å². The quantitative estimate of drug-likeness (QED) is 0.668. The van der Waals surface area contributed by atoms with Gasteiger partial charge in [-0.05, 0) is 26.2 Å². The first kappa shape index (κ1) is 13.7. The monoisotopic (exact) mass is 226 g/mol. The van der Waals surface area contributed by atoms with E-state index in [1.54, 1.807) is 0 Å². The molecule has 1 fully saturated rings. The average molecular weight is 226 g/mol. The van der Waals surface area contributed by atoms with Crippen LogP contribution in [0.2, 0.25) is 0 Å². The highest BCUT2D eigenvalue weighted by atomic mass is 16.5. The molecule has 2 nitrogen and oxygen atoms in total. The summed E-state index contributed by atoms with van der Waals surface area (Å²) in [6.07, 6.45) is 7.58. The summed E-state index contributed by atoms with van der Waals surface area (Å²) in [6, 6.07) is 0. The van der Waals surface area contributed by atoms with Gasteiger partial charge < -0.3 is 4.74 Å². The summed E-state index contributed by atoms with van der Waals surface area (Å²) in [7, 11) is 0. The first-order valence-corrected chi connectivity index (χ1v) is 6.84. The van der Waals surface area contributed by atoms with Gasteiger partial charge in [0.25, 0.3) is 0 Å². The first-order valence-electron chi connectivity index (χ1n) is 6.84. The van der Waals surface area contributed by atoms with Gasteiger partial charge in [0.2, 0.25) is 0 Å². The molecule has 1 rings (SSSR count). The molecule has 0 radical (unpaired) electrons. The van der Waals surface area contributed by atoms with Crippen molar-refractivity contribution in [3.8, 4) is 0 Å². The number of ether oxygens (including phenoxy) is 1. The molecule has 0 bridgehead atoms. The Labute approximate surface area is 99.8 Å². The lowest BCUT2D eigenvalue weighted by Crippen LogP contribution is -2.44. The van der Waals surface area contributed by atoms with E-state index < -0.39 is 5.60 Å². The van der Waals surface area contributed by atoms with E-state index in [4.69, 9.17) is 4.74 Å². The van der Waals surface area contributed by atoms with E-state index in [9.17, 15) is 4.79 Å². The maximum absolute atomic E-state index is 12.5. The Hall–Kier alpha value is -0.370. The van der Waals surface area contributed by atoms with Crippen molar-refractivity contribution in [1.29, 1.82) is 0 Å². The average Bonchev–Trinajstić information content (AvgIpc) is 2.54. The lowest BCUT2D eigenvalue weighted by molar-refractivity contribution is -0.150. The number of Topliss-reactive ketones (excluding diaryl/α,β-unsaturated/α-hetero) is 1. The molecule has 2 heteroatoms. The fourth-order valence-corrected chi connectivity index (χ4v) is 2.67. The van der Waals surface area contributed by atoms with Gasteiger partial charge in [0.05, 0.1) is 0 Å². The minimum Gasteiger partial charge on any atom is -0.367 e. The molecular weight excluding hydrogens is 200 g/mol. The molecule has 0 saturated heterocycles. The zero-order valence-corrected chi connectivity index (χ0v) is 11.1. The maximum atomic E-state index is 12.5. The van der Waals surface area contributed by atoms with Gasteiger partial charge in [-0.3, -0.25) is 4.79 Å². The zero-order chi connectivity index (χ0) is 12.0. The molecule has 94 valence electrons. The molecule has 1 aliphatic carbocycles. The summed E-state index contributed by atoms with van der Waals surface area (Å²) in [5.74, 6) is 0.489. The Morgan fingerprint density at radius 2 is 1.75 bits per heavy atom. The third kappa shape index (κ3) is 3.07. The Bertz CT molecular complexity index is 215. The predicted molar refractivity (Wildman–Crippen MR) is 66.5 cm³/mol. The van der Waals surface area contributed by atoms with Crippen molar-refractivity contribution in [3.63, 3.8) is 0 Å². The molecule has 0 aromatic heterocycles. The highest BCUT2D eigenvalue weighted by molar-refractivity contribution is 5.89. The van der Waals surface area contributed by atoms with Gasteiger partial charge in [-0.15, -0.1) is 0 Å². The van der Waals surface area contributed by atoms with Gasteiger partial charge in [-0.2, -0.15) is 0 Å². The number of carbonyl (C=O) groups excluding carboxylic acids is 1. The van der Waals surface area contributed by atoms with Gasteiger partial charge in [-0.1, -0.05) is 39.5 Å². The summed E-state index contributed by atoms with van der Waals surface area (Å²) in [6.45, 7) is 6.77. The lowest BCUT2D eigenvalue weighted by Gasteiger charge is -2.33. The molecule has 0 N–H and O–H groups in total. The van der Waals surface area contributed by atoms with Gasteiger partial charge in [0.1, 0.15) is 5.60 Å². The smallest absolute Gasteiger partial charge is 0.167 e. The number of ketones is 1. The molecule has 1 saturated carbocycles. The van der Waals surface area contributed by atoms with Crippen LogP contribution in [0, 0.1) is 5.92 Å². The third-order valence-electron chi connectivity index (χ3n) is 3.84. The summed E-state index contributed by atoms with van der Waals surface area (Å²) < 4.78 is 5.89.